The Morgan fingerprint density at radius 3 is 2.81 bits per heavy atom. The minimum absolute atomic E-state index is 0.561. The molecular formula is C17H26Cl2N2. The summed E-state index contributed by atoms with van der Waals surface area (Å²) in [6.45, 7) is 9.98. The summed E-state index contributed by atoms with van der Waals surface area (Å²) in [4.78, 5) is 2.55. The minimum atomic E-state index is 0.561. The average Bonchev–Trinajstić information content (AvgIpc) is 2.63. The largest absolute Gasteiger partial charge is 0.312 e. The summed E-state index contributed by atoms with van der Waals surface area (Å²) in [7, 11) is 0. The van der Waals surface area contributed by atoms with Crippen molar-refractivity contribution < 1.29 is 0 Å². The molecule has 0 spiro atoms. The van der Waals surface area contributed by atoms with E-state index in [9.17, 15) is 0 Å². The molecule has 1 aliphatic rings. The second kappa shape index (κ2) is 7.82. The molecule has 4 heteroatoms. The molecule has 0 bridgehead atoms. The number of benzene rings is 1. The molecule has 1 aromatic carbocycles. The summed E-state index contributed by atoms with van der Waals surface area (Å²) >= 11 is 12.3. The number of hydrogen-bond acceptors (Lipinski definition) is 2. The van der Waals surface area contributed by atoms with Gasteiger partial charge in [0, 0.05) is 35.2 Å². The fourth-order valence-electron chi connectivity index (χ4n) is 2.91. The topological polar surface area (TPSA) is 15.3 Å². The van der Waals surface area contributed by atoms with Crippen LogP contribution in [0.1, 0.15) is 39.2 Å². The van der Waals surface area contributed by atoms with E-state index in [0.29, 0.717) is 23.0 Å². The number of halogens is 2. The van der Waals surface area contributed by atoms with E-state index < -0.39 is 0 Å². The Balaban J connectivity index is 2.11. The van der Waals surface area contributed by atoms with Crippen LogP contribution in [0, 0.1) is 5.92 Å². The number of nitrogens with zero attached hydrogens (tertiary/aromatic N) is 1. The Labute approximate surface area is 138 Å². The summed E-state index contributed by atoms with van der Waals surface area (Å²) in [5.41, 5.74) is 1.16. The highest BCUT2D eigenvalue weighted by Crippen LogP contribution is 2.25. The normalized spacial score (nSPS) is 25.6. The van der Waals surface area contributed by atoms with Gasteiger partial charge in [0.25, 0.3) is 0 Å². The van der Waals surface area contributed by atoms with E-state index in [-0.39, 0.29) is 0 Å². The molecule has 1 heterocycles. The molecule has 1 aliphatic heterocycles. The highest BCUT2D eigenvalue weighted by Gasteiger charge is 2.26. The van der Waals surface area contributed by atoms with Crippen molar-refractivity contribution in [3.63, 3.8) is 0 Å². The average molecular weight is 329 g/mol. The quantitative estimate of drug-likeness (QED) is 0.869. The van der Waals surface area contributed by atoms with Gasteiger partial charge in [0.05, 0.1) is 0 Å². The standard InChI is InChI=1S/C17H26Cl2N2/c1-4-12(2)17-11-21(13(3)7-8-20-17)10-14-5-6-15(18)9-16(14)19/h5-6,9,12-13,17,20H,4,7-8,10-11H2,1-3H3. The van der Waals surface area contributed by atoms with Crippen molar-refractivity contribution in [3.05, 3.63) is 33.8 Å². The Morgan fingerprint density at radius 1 is 1.38 bits per heavy atom. The first-order chi connectivity index (χ1) is 10.0. The number of rotatable bonds is 4. The van der Waals surface area contributed by atoms with Crippen molar-refractivity contribution in [1.82, 2.24) is 10.2 Å². The van der Waals surface area contributed by atoms with Gasteiger partial charge in [0.1, 0.15) is 0 Å². The maximum Gasteiger partial charge on any atom is 0.0465 e. The van der Waals surface area contributed by atoms with Crippen molar-refractivity contribution >= 4 is 23.2 Å². The third kappa shape index (κ3) is 4.59. The van der Waals surface area contributed by atoms with Crippen LogP contribution in [-0.4, -0.2) is 30.1 Å². The lowest BCUT2D eigenvalue weighted by Gasteiger charge is -2.31. The molecular weight excluding hydrogens is 303 g/mol. The van der Waals surface area contributed by atoms with Gasteiger partial charge in [-0.15, -0.1) is 0 Å². The Morgan fingerprint density at radius 2 is 2.14 bits per heavy atom. The maximum absolute atomic E-state index is 6.34. The predicted molar refractivity (Wildman–Crippen MR) is 92.2 cm³/mol. The second-order valence-corrected chi connectivity index (χ2v) is 7.09. The second-order valence-electron chi connectivity index (χ2n) is 6.25. The molecule has 0 saturated carbocycles. The molecule has 2 rings (SSSR count). The Kier molecular flexibility index (Phi) is 6.36. The zero-order valence-corrected chi connectivity index (χ0v) is 14.7. The highest BCUT2D eigenvalue weighted by molar-refractivity contribution is 6.35. The van der Waals surface area contributed by atoms with Crippen molar-refractivity contribution in [1.29, 1.82) is 0 Å². The van der Waals surface area contributed by atoms with Gasteiger partial charge in [-0.2, -0.15) is 0 Å². The molecule has 1 fully saturated rings. The molecule has 0 radical (unpaired) electrons. The Bertz CT molecular complexity index is 464. The molecule has 1 N–H and O–H groups in total. The van der Waals surface area contributed by atoms with Crippen molar-refractivity contribution in [2.75, 3.05) is 13.1 Å². The first kappa shape index (κ1) is 17.1. The lowest BCUT2D eigenvalue weighted by atomic mass is 9.98. The molecule has 1 aromatic rings. The van der Waals surface area contributed by atoms with Crippen LogP contribution < -0.4 is 5.32 Å². The van der Waals surface area contributed by atoms with Crippen molar-refractivity contribution in [2.24, 2.45) is 5.92 Å². The smallest absolute Gasteiger partial charge is 0.0465 e. The summed E-state index contributed by atoms with van der Waals surface area (Å²) in [5, 5.41) is 5.18. The van der Waals surface area contributed by atoms with Crippen LogP contribution in [0.15, 0.2) is 18.2 Å². The van der Waals surface area contributed by atoms with Crippen LogP contribution in [0.5, 0.6) is 0 Å². The van der Waals surface area contributed by atoms with E-state index in [4.69, 9.17) is 23.2 Å². The molecule has 3 unspecified atom stereocenters. The highest BCUT2D eigenvalue weighted by atomic mass is 35.5. The van der Waals surface area contributed by atoms with Crippen LogP contribution in [-0.2, 0) is 6.54 Å². The lowest BCUT2D eigenvalue weighted by molar-refractivity contribution is 0.180. The summed E-state index contributed by atoms with van der Waals surface area (Å²) in [5.74, 6) is 0.693. The van der Waals surface area contributed by atoms with E-state index in [1.807, 2.05) is 18.2 Å². The van der Waals surface area contributed by atoms with Gasteiger partial charge in [-0.05, 0) is 43.5 Å². The van der Waals surface area contributed by atoms with Crippen LogP contribution in [0.4, 0.5) is 0 Å². The molecule has 118 valence electrons. The van der Waals surface area contributed by atoms with Gasteiger partial charge >= 0.3 is 0 Å². The van der Waals surface area contributed by atoms with Crippen LogP contribution >= 0.6 is 23.2 Å². The van der Waals surface area contributed by atoms with Gasteiger partial charge in [-0.3, -0.25) is 4.90 Å². The minimum Gasteiger partial charge on any atom is -0.312 e. The third-order valence-electron chi connectivity index (χ3n) is 4.74. The summed E-state index contributed by atoms with van der Waals surface area (Å²) < 4.78 is 0. The van der Waals surface area contributed by atoms with E-state index in [2.05, 4.69) is 31.0 Å². The maximum atomic E-state index is 6.34. The fraction of sp³-hybridized carbons (Fsp3) is 0.647. The van der Waals surface area contributed by atoms with E-state index >= 15 is 0 Å². The number of nitrogens with one attached hydrogen (secondary N) is 1. The summed E-state index contributed by atoms with van der Waals surface area (Å²) in [6.07, 6.45) is 2.39. The van der Waals surface area contributed by atoms with Gasteiger partial charge in [0.15, 0.2) is 0 Å². The van der Waals surface area contributed by atoms with Crippen LogP contribution in [0.3, 0.4) is 0 Å². The van der Waals surface area contributed by atoms with Gasteiger partial charge in [-0.25, -0.2) is 0 Å². The SMILES string of the molecule is CCC(C)C1CN(Cc2ccc(Cl)cc2Cl)C(C)CCN1. The lowest BCUT2D eigenvalue weighted by Crippen LogP contribution is -2.43. The first-order valence-corrected chi connectivity index (χ1v) is 8.68. The zero-order valence-electron chi connectivity index (χ0n) is 13.2. The molecule has 2 nitrogen and oxygen atoms in total. The first-order valence-electron chi connectivity index (χ1n) is 7.92. The van der Waals surface area contributed by atoms with Gasteiger partial charge in [0.2, 0.25) is 0 Å². The molecule has 21 heavy (non-hydrogen) atoms. The monoisotopic (exact) mass is 328 g/mol. The predicted octanol–water partition coefficient (Wildman–Crippen LogP) is 4.59. The van der Waals surface area contributed by atoms with Crippen molar-refractivity contribution in [2.45, 2.75) is 52.2 Å². The molecule has 0 aromatic heterocycles. The zero-order chi connectivity index (χ0) is 15.4. The Hall–Kier alpha value is -0.280. The van der Waals surface area contributed by atoms with E-state index in [1.165, 1.54) is 12.8 Å². The number of hydrogen-bond donors (Lipinski definition) is 1. The van der Waals surface area contributed by atoms with Crippen LogP contribution in [0.2, 0.25) is 10.0 Å². The summed E-state index contributed by atoms with van der Waals surface area (Å²) in [6, 6.07) is 6.94. The third-order valence-corrected chi connectivity index (χ3v) is 5.33. The van der Waals surface area contributed by atoms with Crippen molar-refractivity contribution in [3.8, 4) is 0 Å². The van der Waals surface area contributed by atoms with E-state index in [0.717, 1.165) is 30.2 Å². The molecule has 0 amide bonds. The fourth-order valence-corrected chi connectivity index (χ4v) is 3.38. The van der Waals surface area contributed by atoms with Crippen LogP contribution in [0.25, 0.3) is 0 Å². The molecule has 1 saturated heterocycles. The molecule has 3 atom stereocenters. The van der Waals surface area contributed by atoms with Gasteiger partial charge in [-0.1, -0.05) is 49.5 Å². The van der Waals surface area contributed by atoms with E-state index in [1.54, 1.807) is 0 Å². The van der Waals surface area contributed by atoms with Gasteiger partial charge < -0.3 is 5.32 Å². The molecule has 0 aliphatic carbocycles.